The lowest BCUT2D eigenvalue weighted by Gasteiger charge is -2.18. The van der Waals surface area contributed by atoms with Crippen LogP contribution in [-0.2, 0) is 28.6 Å². The maximum absolute atomic E-state index is 12.9. The molecule has 0 aromatic rings. The van der Waals surface area contributed by atoms with Crippen molar-refractivity contribution in [1.29, 1.82) is 0 Å². The maximum Gasteiger partial charge on any atom is 0.306 e. The minimum absolute atomic E-state index is 0.0809. The molecule has 0 aromatic carbocycles. The Morgan fingerprint density at radius 1 is 0.278 bits per heavy atom. The van der Waals surface area contributed by atoms with E-state index in [1.807, 2.05) is 0 Å². The van der Waals surface area contributed by atoms with Gasteiger partial charge in [-0.1, -0.05) is 274 Å². The normalized spacial score (nSPS) is 12.4. The number of hydrogen-bond donors (Lipinski definition) is 0. The van der Waals surface area contributed by atoms with Gasteiger partial charge in [0, 0.05) is 19.3 Å². The van der Waals surface area contributed by atoms with Crippen molar-refractivity contribution in [3.05, 3.63) is 60.8 Å². The van der Waals surface area contributed by atoms with Gasteiger partial charge in [0.15, 0.2) is 6.10 Å². The largest absolute Gasteiger partial charge is 0.462 e. The number of rotatable bonds is 57. The van der Waals surface area contributed by atoms with E-state index in [-0.39, 0.29) is 31.1 Å². The molecule has 0 heterocycles. The molecule has 0 N–H and O–H groups in total. The molecule has 6 nitrogen and oxygen atoms in total. The second kappa shape index (κ2) is 60.7. The Balaban J connectivity index is 4.39. The first-order chi connectivity index (χ1) is 35.5. The number of ether oxygens (including phenoxy) is 3. The second-order valence-electron chi connectivity index (χ2n) is 21.0. The van der Waals surface area contributed by atoms with Gasteiger partial charge in [0.1, 0.15) is 13.2 Å². The van der Waals surface area contributed by atoms with Gasteiger partial charge in [-0.3, -0.25) is 14.4 Å². The SMILES string of the molecule is CCCCC/C=C\C/C=C\C/C=C\CCCCCCC(=O)OC[C@H](COC(=O)CCCCCCCCCCC/C=C\C/C=C\CCCCC)OC(=O)CCCCCCCCCCCCCCCCCCCC. The lowest BCUT2D eigenvalue weighted by molar-refractivity contribution is -0.167. The highest BCUT2D eigenvalue weighted by atomic mass is 16.6. The third-order valence-corrected chi connectivity index (χ3v) is 13.7. The van der Waals surface area contributed by atoms with E-state index in [1.54, 1.807) is 0 Å². The molecule has 0 unspecified atom stereocenters. The van der Waals surface area contributed by atoms with E-state index >= 15 is 0 Å². The average molecular weight is 1010 g/mol. The quantitative estimate of drug-likeness (QED) is 0.0261. The summed E-state index contributed by atoms with van der Waals surface area (Å²) in [7, 11) is 0. The zero-order valence-corrected chi connectivity index (χ0v) is 47.9. The summed E-state index contributed by atoms with van der Waals surface area (Å²) in [6.45, 7) is 6.61. The number of carbonyl (C=O) groups is 3. The molecule has 6 heteroatoms. The summed E-state index contributed by atoms with van der Waals surface area (Å²) in [6.07, 6.45) is 76.4. The van der Waals surface area contributed by atoms with E-state index in [1.165, 1.54) is 193 Å². The van der Waals surface area contributed by atoms with Crippen LogP contribution in [-0.4, -0.2) is 37.2 Å². The van der Waals surface area contributed by atoms with E-state index in [4.69, 9.17) is 14.2 Å². The Labute approximate surface area is 447 Å². The highest BCUT2D eigenvalue weighted by Gasteiger charge is 2.19. The fourth-order valence-electron chi connectivity index (χ4n) is 9.01. The standard InChI is InChI=1S/C66H118O6/c1-4-7-10-13-16-19-22-25-28-31-33-36-38-41-44-47-50-53-56-59-65(68)71-62-63(61-70-64(67)58-55-52-49-46-43-40-37-34-30-27-24-21-18-15-12-9-6-3)72-66(69)60-57-54-51-48-45-42-39-35-32-29-26-23-20-17-14-11-8-5-2/h16,18-19,21,25,27-28,30,37,40,63H,4-15,17,20,22-24,26,29,31-36,38-39,41-62H2,1-3H3/b19-16-,21-18-,28-25-,30-27-,40-37-/t63-/m1/s1. The molecule has 0 saturated heterocycles. The van der Waals surface area contributed by atoms with Crippen molar-refractivity contribution in [2.24, 2.45) is 0 Å². The van der Waals surface area contributed by atoms with E-state index in [0.29, 0.717) is 19.3 Å². The Kier molecular flexibility index (Phi) is 58.2. The number of unbranched alkanes of at least 4 members (excludes halogenated alkanes) is 36. The van der Waals surface area contributed by atoms with Crippen molar-refractivity contribution in [3.8, 4) is 0 Å². The van der Waals surface area contributed by atoms with Gasteiger partial charge in [0.05, 0.1) is 0 Å². The molecular formula is C66H118O6. The van der Waals surface area contributed by atoms with Crippen LogP contribution in [0.25, 0.3) is 0 Å². The van der Waals surface area contributed by atoms with Crippen LogP contribution >= 0.6 is 0 Å². The molecule has 72 heavy (non-hydrogen) atoms. The number of hydrogen-bond acceptors (Lipinski definition) is 6. The van der Waals surface area contributed by atoms with Crippen LogP contribution in [0.2, 0.25) is 0 Å². The molecule has 0 aromatic heterocycles. The van der Waals surface area contributed by atoms with Gasteiger partial charge >= 0.3 is 17.9 Å². The summed E-state index contributed by atoms with van der Waals surface area (Å²) in [5, 5.41) is 0. The van der Waals surface area contributed by atoms with Crippen molar-refractivity contribution < 1.29 is 28.6 Å². The second-order valence-corrected chi connectivity index (χ2v) is 21.0. The number of carbonyl (C=O) groups excluding carboxylic acids is 3. The van der Waals surface area contributed by atoms with Crippen LogP contribution in [0.4, 0.5) is 0 Å². The number of allylic oxidation sites excluding steroid dienone is 10. The summed E-state index contributed by atoms with van der Waals surface area (Å²) in [5.74, 6) is -0.889. The maximum atomic E-state index is 12.9. The van der Waals surface area contributed by atoms with Gasteiger partial charge in [-0.15, -0.1) is 0 Å². The van der Waals surface area contributed by atoms with Crippen molar-refractivity contribution in [1.82, 2.24) is 0 Å². The highest BCUT2D eigenvalue weighted by Crippen LogP contribution is 2.17. The Hall–Kier alpha value is -2.89. The Bertz CT molecular complexity index is 1290. The molecule has 0 rings (SSSR count). The zero-order valence-electron chi connectivity index (χ0n) is 47.9. The molecule has 0 amide bonds. The number of esters is 3. The summed E-state index contributed by atoms with van der Waals surface area (Å²) >= 11 is 0. The summed E-state index contributed by atoms with van der Waals surface area (Å²) in [4.78, 5) is 38.3. The summed E-state index contributed by atoms with van der Waals surface area (Å²) < 4.78 is 16.9. The monoisotopic (exact) mass is 1010 g/mol. The molecule has 0 saturated carbocycles. The molecule has 0 spiro atoms. The Morgan fingerprint density at radius 3 is 0.806 bits per heavy atom. The van der Waals surface area contributed by atoms with Crippen LogP contribution < -0.4 is 0 Å². The topological polar surface area (TPSA) is 78.9 Å². The van der Waals surface area contributed by atoms with Crippen molar-refractivity contribution in [2.75, 3.05) is 13.2 Å². The van der Waals surface area contributed by atoms with Gasteiger partial charge in [0.25, 0.3) is 0 Å². The van der Waals surface area contributed by atoms with Crippen molar-refractivity contribution in [3.63, 3.8) is 0 Å². The smallest absolute Gasteiger partial charge is 0.306 e. The van der Waals surface area contributed by atoms with E-state index in [9.17, 15) is 14.4 Å². The zero-order chi connectivity index (χ0) is 52.2. The van der Waals surface area contributed by atoms with Crippen LogP contribution in [0.15, 0.2) is 60.8 Å². The van der Waals surface area contributed by atoms with Crippen LogP contribution in [0.5, 0.6) is 0 Å². The fraction of sp³-hybridized carbons (Fsp3) is 0.803. The molecule has 0 aliphatic heterocycles. The van der Waals surface area contributed by atoms with Gasteiger partial charge in [0.2, 0.25) is 0 Å². The minimum Gasteiger partial charge on any atom is -0.462 e. The molecule has 1 atom stereocenters. The average Bonchev–Trinajstić information content (AvgIpc) is 3.38. The molecule has 0 aliphatic carbocycles. The van der Waals surface area contributed by atoms with Gasteiger partial charge in [-0.2, -0.15) is 0 Å². The van der Waals surface area contributed by atoms with Crippen molar-refractivity contribution in [2.45, 2.75) is 329 Å². The third kappa shape index (κ3) is 58.0. The summed E-state index contributed by atoms with van der Waals surface area (Å²) in [6, 6.07) is 0. The van der Waals surface area contributed by atoms with E-state index in [2.05, 4.69) is 81.5 Å². The third-order valence-electron chi connectivity index (χ3n) is 13.7. The minimum atomic E-state index is -0.784. The molecule has 0 fully saturated rings. The Morgan fingerprint density at radius 2 is 0.500 bits per heavy atom. The van der Waals surface area contributed by atoms with Gasteiger partial charge < -0.3 is 14.2 Å². The fourth-order valence-corrected chi connectivity index (χ4v) is 9.01. The van der Waals surface area contributed by atoms with Gasteiger partial charge in [-0.25, -0.2) is 0 Å². The highest BCUT2D eigenvalue weighted by molar-refractivity contribution is 5.71. The lowest BCUT2D eigenvalue weighted by atomic mass is 10.0. The predicted molar refractivity (Wildman–Crippen MR) is 312 cm³/mol. The summed E-state index contributed by atoms with van der Waals surface area (Å²) in [5.41, 5.74) is 0. The molecular weight excluding hydrogens is 889 g/mol. The first-order valence-corrected chi connectivity index (χ1v) is 31.3. The molecule has 0 bridgehead atoms. The molecule has 0 aliphatic rings. The molecule has 0 radical (unpaired) electrons. The predicted octanol–water partition coefficient (Wildman–Crippen LogP) is 21.2. The van der Waals surface area contributed by atoms with Crippen LogP contribution in [0.3, 0.4) is 0 Å². The van der Waals surface area contributed by atoms with Crippen LogP contribution in [0.1, 0.15) is 323 Å². The van der Waals surface area contributed by atoms with Crippen LogP contribution in [0, 0.1) is 0 Å². The van der Waals surface area contributed by atoms with Gasteiger partial charge in [-0.05, 0) is 89.9 Å². The molecule has 418 valence electrons. The van der Waals surface area contributed by atoms with E-state index in [0.717, 1.165) is 89.9 Å². The first-order valence-electron chi connectivity index (χ1n) is 31.3. The lowest BCUT2D eigenvalue weighted by Crippen LogP contribution is -2.30. The van der Waals surface area contributed by atoms with Crippen molar-refractivity contribution >= 4 is 17.9 Å². The first kappa shape index (κ1) is 69.1. The van der Waals surface area contributed by atoms with E-state index < -0.39 is 6.10 Å².